The first-order chi connectivity index (χ1) is 44.8. The first-order valence-corrected chi connectivity index (χ1v) is 35.6. The summed E-state index contributed by atoms with van der Waals surface area (Å²) >= 11 is 1.54. The molecular weight excluding hydrogens is 1190 g/mol. The second kappa shape index (κ2) is 30.2. The maximum absolute atomic E-state index is 12.5. The minimum Gasteiger partial charge on any atom is -0.384 e. The molecule has 3 saturated carbocycles. The van der Waals surface area contributed by atoms with E-state index in [0.29, 0.717) is 17.9 Å². The van der Waals surface area contributed by atoms with Crippen LogP contribution in [-0.2, 0) is 44.4 Å². The smallest absolute Gasteiger partial charge is 0.239 e. The number of Topliss-reactive ketones (excluding diaryl/α,β-unsaturated/α-hetero) is 1. The van der Waals surface area contributed by atoms with Gasteiger partial charge in [-0.15, -0.1) is 11.3 Å². The molecular formula is C71H102N16O5S. The molecule has 0 bridgehead atoms. The van der Waals surface area contributed by atoms with E-state index in [9.17, 15) is 24.3 Å². The highest BCUT2D eigenvalue weighted by molar-refractivity contribution is 7.09. The monoisotopic (exact) mass is 1290 g/mol. The molecule has 7 N–H and O–H groups in total. The molecule has 4 aromatic heterocycles. The number of aliphatic hydroxyl groups is 1. The van der Waals surface area contributed by atoms with Crippen molar-refractivity contribution in [3.8, 4) is 0 Å². The van der Waals surface area contributed by atoms with Gasteiger partial charge in [0.05, 0.1) is 64.7 Å². The van der Waals surface area contributed by atoms with Gasteiger partial charge in [-0.1, -0.05) is 48.7 Å². The van der Waals surface area contributed by atoms with Crippen LogP contribution in [0, 0.1) is 38.5 Å². The average Bonchev–Trinajstić information content (AvgIpc) is 1.92. The number of amides is 3. The number of carbonyl (C=O) groups excluding carboxylic acids is 4. The zero-order valence-corrected chi connectivity index (χ0v) is 57.3. The lowest BCUT2D eigenvalue weighted by atomic mass is 9.78. The fraction of sp³-hybridized carbons (Fsp3) is 0.606. The van der Waals surface area contributed by atoms with Crippen molar-refractivity contribution >= 4 is 85.0 Å². The summed E-state index contributed by atoms with van der Waals surface area (Å²) in [5.74, 6) is 4.69. The number of nitrogens with one attached hydrogen (secondary N) is 6. The molecule has 502 valence electrons. The maximum atomic E-state index is 12.5. The molecule has 0 atom stereocenters. The van der Waals surface area contributed by atoms with Crippen LogP contribution < -0.4 is 31.9 Å². The summed E-state index contributed by atoms with van der Waals surface area (Å²) in [6.45, 7) is 27.5. The van der Waals surface area contributed by atoms with Crippen molar-refractivity contribution in [1.82, 2.24) is 65.0 Å². The van der Waals surface area contributed by atoms with Crippen LogP contribution >= 0.6 is 11.3 Å². The summed E-state index contributed by atoms with van der Waals surface area (Å²) in [6, 6.07) is 21.4. The minimum atomic E-state index is -0.713. The Morgan fingerprint density at radius 2 is 0.892 bits per heavy atom. The van der Waals surface area contributed by atoms with Crippen molar-refractivity contribution in [3.05, 3.63) is 87.9 Å². The van der Waals surface area contributed by atoms with Crippen molar-refractivity contribution in [2.45, 2.75) is 201 Å². The summed E-state index contributed by atoms with van der Waals surface area (Å²) in [7, 11) is 0. The van der Waals surface area contributed by atoms with Gasteiger partial charge in [-0.3, -0.25) is 52.9 Å². The highest BCUT2D eigenvalue weighted by atomic mass is 32.1. The number of nitrogens with zero attached hydrogens (tertiary/aromatic N) is 10. The van der Waals surface area contributed by atoms with Crippen molar-refractivity contribution in [2.24, 2.45) is 17.8 Å². The van der Waals surface area contributed by atoms with Crippen molar-refractivity contribution < 1.29 is 24.3 Å². The third kappa shape index (κ3) is 16.2. The van der Waals surface area contributed by atoms with E-state index in [1.807, 2.05) is 14.0 Å². The first kappa shape index (κ1) is 67.4. The Bertz CT molecular complexity index is 3670. The van der Waals surface area contributed by atoms with Crippen molar-refractivity contribution in [3.63, 3.8) is 0 Å². The van der Waals surface area contributed by atoms with Gasteiger partial charge in [0.15, 0.2) is 17.5 Å². The zero-order valence-electron chi connectivity index (χ0n) is 56.5. The molecule has 3 aliphatic carbocycles. The fourth-order valence-electron chi connectivity index (χ4n) is 15.1. The normalized spacial score (nSPS) is 23.2. The van der Waals surface area contributed by atoms with Crippen molar-refractivity contribution in [1.29, 1.82) is 0 Å². The van der Waals surface area contributed by atoms with Gasteiger partial charge in [0.25, 0.3) is 0 Å². The Morgan fingerprint density at radius 1 is 0.538 bits per heavy atom. The number of likely N-dealkylation sites (tertiary alicyclic amines) is 3. The number of rotatable bonds is 21. The lowest BCUT2D eigenvalue weighted by molar-refractivity contribution is -0.123. The molecule has 22 heteroatoms. The molecule has 7 heterocycles. The Balaban J connectivity index is 0.000000143. The number of aryl methyl sites for hydroxylation is 6. The van der Waals surface area contributed by atoms with E-state index in [2.05, 4.69) is 177 Å². The third-order valence-corrected chi connectivity index (χ3v) is 21.8. The van der Waals surface area contributed by atoms with Gasteiger partial charge in [0.1, 0.15) is 11.4 Å². The number of anilines is 3. The highest BCUT2D eigenvalue weighted by Crippen LogP contribution is 2.41. The van der Waals surface area contributed by atoms with Crippen molar-refractivity contribution in [2.75, 3.05) is 74.9 Å². The largest absolute Gasteiger partial charge is 0.384 e. The molecule has 3 aromatic carbocycles. The van der Waals surface area contributed by atoms with Crippen LogP contribution in [0.4, 0.5) is 17.5 Å². The second-order valence-corrected chi connectivity index (χ2v) is 28.7. The van der Waals surface area contributed by atoms with Crippen LogP contribution in [0.5, 0.6) is 0 Å². The molecule has 0 spiro atoms. The second-order valence-electron chi connectivity index (χ2n) is 27.8. The van der Waals surface area contributed by atoms with Gasteiger partial charge in [0, 0.05) is 105 Å². The van der Waals surface area contributed by atoms with Gasteiger partial charge in [0.2, 0.25) is 17.7 Å². The summed E-state index contributed by atoms with van der Waals surface area (Å²) in [5, 5.41) is 47.2. The number of fused-ring (bicyclic) bond motifs is 3. The molecule has 93 heavy (non-hydrogen) atoms. The molecule has 6 fully saturated rings. The molecule has 7 aromatic rings. The fourth-order valence-corrected chi connectivity index (χ4v) is 15.9. The van der Waals surface area contributed by atoms with Crippen LogP contribution in [0.25, 0.3) is 32.7 Å². The van der Waals surface area contributed by atoms with E-state index in [1.54, 1.807) is 18.6 Å². The van der Waals surface area contributed by atoms with E-state index in [1.165, 1.54) is 53.7 Å². The third-order valence-electron chi connectivity index (χ3n) is 20.9. The van der Waals surface area contributed by atoms with Crippen LogP contribution in [0.15, 0.2) is 66.3 Å². The maximum Gasteiger partial charge on any atom is 0.239 e. The minimum absolute atomic E-state index is 0.00489. The van der Waals surface area contributed by atoms with Gasteiger partial charge >= 0.3 is 0 Å². The SMILES string of the molecule is CCn1nc(NCC(=O)NC2CN(C3CCC(C(C)=O)CC3)C2)c2cc(C)ccc21.CCn1nc(NCC(=O)NC2CN(C3CCC(C(C)C)CC3)C2)c2cc(C)ccc21.CCn1nc(NCC(=O)NC2CN(C3CCC(O)(c4cncs4)CC3)C2)c2cc(C)ccc21. The topological polar surface area (TPSA) is 237 Å². The highest BCUT2D eigenvalue weighted by Gasteiger charge is 2.42. The molecule has 21 nitrogen and oxygen atoms in total. The quantitative estimate of drug-likeness (QED) is 0.0355. The number of benzene rings is 3. The van der Waals surface area contributed by atoms with Crippen LogP contribution in [0.3, 0.4) is 0 Å². The number of ketones is 1. The number of aromatic nitrogens is 7. The molecule has 0 unspecified atom stereocenters. The average molecular weight is 1290 g/mol. The van der Waals surface area contributed by atoms with Crippen LogP contribution in [-0.4, -0.2) is 173 Å². The number of hydrogen-bond acceptors (Lipinski definition) is 16. The van der Waals surface area contributed by atoms with Gasteiger partial charge in [-0.25, -0.2) is 0 Å². The van der Waals surface area contributed by atoms with Gasteiger partial charge in [-0.05, 0) is 174 Å². The summed E-state index contributed by atoms with van der Waals surface area (Å²) < 4.78 is 5.89. The Hall–Kier alpha value is -6.98. The predicted molar refractivity (Wildman–Crippen MR) is 372 cm³/mol. The van der Waals surface area contributed by atoms with Crippen LogP contribution in [0.1, 0.15) is 140 Å². The standard InChI is InChI=1S/C24H32N6O2S.C24H37N5O.C23H33N5O2/c1-3-30-20-5-4-16(2)10-19(20)23(28-30)26-12-22(31)27-17-13-29(14-17)18-6-8-24(32,9-7-18)21-11-25-15-33-21;1-5-29-22-11-6-17(4)12-21(22)24(27-29)25-13-23(30)26-19-14-28(15-19)20-9-7-18(8-10-20)16(2)3;1-4-28-21-10-5-15(2)11-20(21)23(26-28)24-12-22(30)25-18-13-27(14-18)19-8-6-17(7-9-19)16(3)29/h4-5,10-11,15,17-18,32H,3,6-9,12-14H2,1-2H3,(H,26,28)(H,27,31);6,11-12,16,18-20H,5,7-10,13-15H2,1-4H3,(H,25,27)(H,26,30);5,10-11,17-19H,4,6-9,12-14H2,1-3H3,(H,24,26)(H,25,30). The number of carbonyl (C=O) groups is 4. The Kier molecular flexibility index (Phi) is 21.9. The summed E-state index contributed by atoms with van der Waals surface area (Å²) in [6.07, 6.45) is 14.9. The molecule has 3 saturated heterocycles. The van der Waals surface area contributed by atoms with Crippen LogP contribution in [0.2, 0.25) is 0 Å². The van der Waals surface area contributed by atoms with Gasteiger partial charge in [-0.2, -0.15) is 15.3 Å². The lowest BCUT2D eigenvalue weighted by Crippen LogP contribution is -2.63. The Morgan fingerprint density at radius 3 is 1.22 bits per heavy atom. The predicted octanol–water partition coefficient (Wildman–Crippen LogP) is 9.38. The number of thiazole rings is 1. The Labute approximate surface area is 552 Å². The molecule has 3 amide bonds. The molecule has 13 rings (SSSR count). The lowest BCUT2D eigenvalue weighted by Gasteiger charge is -2.48. The zero-order chi connectivity index (χ0) is 65.5. The van der Waals surface area contributed by atoms with E-state index in [4.69, 9.17) is 0 Å². The van der Waals surface area contributed by atoms with E-state index in [-0.39, 0.29) is 61.4 Å². The summed E-state index contributed by atoms with van der Waals surface area (Å²) in [4.78, 5) is 61.5. The summed E-state index contributed by atoms with van der Waals surface area (Å²) in [5.41, 5.74) is 7.89. The molecule has 3 aliphatic heterocycles. The van der Waals surface area contributed by atoms with Gasteiger partial charge < -0.3 is 37.0 Å². The number of hydrogen-bond donors (Lipinski definition) is 7. The molecule has 6 aliphatic rings. The van der Waals surface area contributed by atoms with E-state index >= 15 is 0 Å². The van der Waals surface area contributed by atoms with E-state index < -0.39 is 5.60 Å². The first-order valence-electron chi connectivity index (χ1n) is 34.7. The molecule has 0 radical (unpaired) electrons. The van der Waals surface area contributed by atoms with E-state index in [0.717, 1.165) is 183 Å².